The van der Waals surface area contributed by atoms with Crippen molar-refractivity contribution in [3.63, 3.8) is 0 Å². The van der Waals surface area contributed by atoms with E-state index >= 15 is 0 Å². The zero-order valence-electron chi connectivity index (χ0n) is 6.85. The molecule has 2 unspecified atom stereocenters. The van der Waals surface area contributed by atoms with Gasteiger partial charge in [-0.05, 0) is 0 Å². The maximum atomic E-state index is 2.38. The van der Waals surface area contributed by atoms with Crippen molar-refractivity contribution < 1.29 is 0 Å². The first kappa shape index (κ1) is 9.80. The molecule has 0 spiro atoms. The van der Waals surface area contributed by atoms with Crippen LogP contribution in [0, 0.1) is 11.8 Å². The molecular formula is C8H18Sn. The van der Waals surface area contributed by atoms with Crippen LogP contribution in [0.5, 0.6) is 0 Å². The molecule has 2 radical (unpaired) electrons. The van der Waals surface area contributed by atoms with Gasteiger partial charge in [0.2, 0.25) is 0 Å². The average molecular weight is 233 g/mol. The van der Waals surface area contributed by atoms with Crippen LogP contribution in [-0.2, 0) is 0 Å². The molecule has 0 amide bonds. The molecule has 0 rings (SSSR count). The van der Waals surface area contributed by atoms with E-state index in [1.54, 1.807) is 0 Å². The summed E-state index contributed by atoms with van der Waals surface area (Å²) in [7, 11) is 0. The minimum atomic E-state index is 0.963. The van der Waals surface area contributed by atoms with E-state index in [0.29, 0.717) is 0 Å². The summed E-state index contributed by atoms with van der Waals surface area (Å²) in [6.07, 6.45) is 2.77. The molecule has 54 valence electrons. The second-order valence-corrected chi connectivity index (χ2v) is 4.32. The molecule has 0 aromatic heterocycles. The molecule has 0 aliphatic carbocycles. The normalized spacial score (nSPS) is 17.3. The number of hydrogen-bond acceptors (Lipinski definition) is 0. The topological polar surface area (TPSA) is 0 Å². The van der Waals surface area contributed by atoms with Crippen LogP contribution in [-0.4, -0.2) is 22.5 Å². The predicted molar refractivity (Wildman–Crippen MR) is 45.2 cm³/mol. The Hall–Kier alpha value is 0.799. The molecule has 0 saturated heterocycles. The molecule has 2 atom stereocenters. The van der Waals surface area contributed by atoms with Crippen LogP contribution >= 0.6 is 0 Å². The van der Waals surface area contributed by atoms with Crippen molar-refractivity contribution in [2.75, 3.05) is 0 Å². The van der Waals surface area contributed by atoms with Crippen molar-refractivity contribution >= 4 is 22.5 Å². The third kappa shape index (κ3) is 4.24. The zero-order valence-corrected chi connectivity index (χ0v) is 10.1. The Morgan fingerprint density at radius 3 is 2.11 bits per heavy atom. The van der Waals surface area contributed by atoms with Crippen LogP contribution in [0.15, 0.2) is 0 Å². The molecule has 0 aromatic carbocycles. The van der Waals surface area contributed by atoms with E-state index in [1.807, 2.05) is 0 Å². The quantitative estimate of drug-likeness (QED) is 0.654. The van der Waals surface area contributed by atoms with Crippen LogP contribution in [0.4, 0.5) is 0 Å². The van der Waals surface area contributed by atoms with Gasteiger partial charge >= 0.3 is 72.4 Å². The van der Waals surface area contributed by atoms with Gasteiger partial charge in [0, 0.05) is 0 Å². The molecule has 9 heavy (non-hydrogen) atoms. The molecule has 0 aliphatic heterocycles. The zero-order chi connectivity index (χ0) is 7.28. The molecule has 0 heterocycles. The second kappa shape index (κ2) is 5.57. The van der Waals surface area contributed by atoms with E-state index in [9.17, 15) is 0 Å². The third-order valence-corrected chi connectivity index (χ3v) is 4.21. The summed E-state index contributed by atoms with van der Waals surface area (Å²) in [6, 6.07) is 0. The van der Waals surface area contributed by atoms with E-state index in [2.05, 4.69) is 20.8 Å². The summed E-state index contributed by atoms with van der Waals surface area (Å²) >= 11 is 1.44. The van der Waals surface area contributed by atoms with Gasteiger partial charge in [0.05, 0.1) is 0 Å². The van der Waals surface area contributed by atoms with Gasteiger partial charge in [-0.1, -0.05) is 0 Å². The van der Waals surface area contributed by atoms with Gasteiger partial charge in [0.1, 0.15) is 0 Å². The Balaban J connectivity index is 3.32. The van der Waals surface area contributed by atoms with Gasteiger partial charge in [-0.2, -0.15) is 0 Å². The van der Waals surface area contributed by atoms with Crippen molar-refractivity contribution in [2.24, 2.45) is 11.8 Å². The Labute approximate surface area is 72.5 Å². The van der Waals surface area contributed by atoms with Gasteiger partial charge in [0.25, 0.3) is 0 Å². The molecule has 0 saturated carbocycles. The fourth-order valence-electron chi connectivity index (χ4n) is 0.972. The monoisotopic (exact) mass is 234 g/mol. The van der Waals surface area contributed by atoms with Crippen molar-refractivity contribution in [1.82, 2.24) is 0 Å². The first-order valence-electron chi connectivity index (χ1n) is 3.92. The Bertz CT molecular complexity index is 61.6. The first-order chi connectivity index (χ1) is 4.22. The molecule has 0 nitrogen and oxygen atoms in total. The van der Waals surface area contributed by atoms with Gasteiger partial charge in [-0.25, -0.2) is 0 Å². The fraction of sp³-hybridized carbons (Fsp3) is 1.00. The van der Waals surface area contributed by atoms with E-state index in [1.165, 1.54) is 39.8 Å². The van der Waals surface area contributed by atoms with Crippen molar-refractivity contribution in [2.45, 2.75) is 38.0 Å². The van der Waals surface area contributed by atoms with E-state index < -0.39 is 0 Å². The van der Waals surface area contributed by atoms with Gasteiger partial charge < -0.3 is 0 Å². The van der Waals surface area contributed by atoms with Crippen LogP contribution in [0.3, 0.4) is 0 Å². The van der Waals surface area contributed by atoms with E-state index in [-0.39, 0.29) is 0 Å². The van der Waals surface area contributed by atoms with Gasteiger partial charge in [-0.3, -0.25) is 0 Å². The van der Waals surface area contributed by atoms with Crippen molar-refractivity contribution in [3.8, 4) is 0 Å². The first-order valence-corrected chi connectivity index (χ1v) is 6.25. The fourth-order valence-corrected chi connectivity index (χ4v) is 2.30. The summed E-state index contributed by atoms with van der Waals surface area (Å²) in [4.78, 5) is 0. The van der Waals surface area contributed by atoms with Crippen molar-refractivity contribution in [1.29, 1.82) is 0 Å². The summed E-state index contributed by atoms with van der Waals surface area (Å²) in [5.74, 6) is 1.94. The number of rotatable bonds is 4. The molecule has 0 N–H and O–H groups in total. The van der Waals surface area contributed by atoms with Crippen LogP contribution < -0.4 is 0 Å². The summed E-state index contributed by atoms with van der Waals surface area (Å²) in [6.45, 7) is 7.03. The summed E-state index contributed by atoms with van der Waals surface area (Å²) in [5, 5.41) is 0. The Morgan fingerprint density at radius 1 is 1.22 bits per heavy atom. The summed E-state index contributed by atoms with van der Waals surface area (Å²) in [5.41, 5.74) is 0. The van der Waals surface area contributed by atoms with Crippen LogP contribution in [0.25, 0.3) is 0 Å². The van der Waals surface area contributed by atoms with Gasteiger partial charge in [0.15, 0.2) is 0 Å². The maximum absolute atomic E-state index is 2.38. The molecule has 0 aromatic rings. The third-order valence-electron chi connectivity index (χ3n) is 2.09. The van der Waals surface area contributed by atoms with Gasteiger partial charge in [-0.15, -0.1) is 0 Å². The molecular weight excluding hydrogens is 215 g/mol. The molecule has 0 fully saturated rings. The molecule has 0 aliphatic rings. The van der Waals surface area contributed by atoms with E-state index in [0.717, 1.165) is 11.8 Å². The van der Waals surface area contributed by atoms with Crippen molar-refractivity contribution in [3.05, 3.63) is 0 Å². The van der Waals surface area contributed by atoms with E-state index in [4.69, 9.17) is 0 Å². The Kier molecular flexibility index (Phi) is 6.07. The minimum absolute atomic E-state index is 0.963. The number of hydrogen-bond donors (Lipinski definition) is 0. The predicted octanol–water partition coefficient (Wildman–Crippen LogP) is 2.38. The SMILES string of the molecule is CCCC(C)C(C)[CH2][SnH]. The Morgan fingerprint density at radius 2 is 1.78 bits per heavy atom. The summed E-state index contributed by atoms with van der Waals surface area (Å²) < 4.78 is 1.46. The molecule has 1 heteroatoms. The molecule has 0 bridgehead atoms. The second-order valence-electron chi connectivity index (χ2n) is 2.98. The van der Waals surface area contributed by atoms with Crippen LogP contribution in [0.2, 0.25) is 4.44 Å². The average Bonchev–Trinajstić information content (AvgIpc) is 1.87. The van der Waals surface area contributed by atoms with Crippen LogP contribution in [0.1, 0.15) is 33.6 Å². The standard InChI is InChI=1S/C8H17.Sn.H/c1-5-6-8(4)7(2)3;;/h7-8H,2,5-6H2,1,3-4H3;;.